The number of hydrogen-bond acceptors (Lipinski definition) is 2. The minimum Gasteiger partial charge on any atom is -0.286 e. The fourth-order valence-electron chi connectivity index (χ4n) is 0.640. The Balaban J connectivity index is 3.15. The van der Waals surface area contributed by atoms with Gasteiger partial charge in [0.15, 0.2) is 0 Å². The van der Waals surface area contributed by atoms with Gasteiger partial charge in [-0.05, 0) is 22.6 Å². The van der Waals surface area contributed by atoms with Gasteiger partial charge in [0, 0.05) is 16.0 Å². The predicted molar refractivity (Wildman–Crippen MR) is 50.0 cm³/mol. The second kappa shape index (κ2) is 3.53. The average Bonchev–Trinajstić information content (AvgIpc) is 1.98. The summed E-state index contributed by atoms with van der Waals surface area (Å²) in [6, 6.07) is 0. The van der Waals surface area contributed by atoms with Crippen molar-refractivity contribution in [2.75, 3.05) is 0 Å². The number of nitrogens with zero attached hydrogens (tertiary/aromatic N) is 2. The molecule has 0 aromatic carbocycles. The van der Waals surface area contributed by atoms with E-state index in [2.05, 4.69) is 33.5 Å². The number of terminal acetylenes is 1. The molecule has 3 nitrogen and oxygen atoms in total. The first-order valence-corrected chi connectivity index (χ1v) is 3.97. The third kappa shape index (κ3) is 2.05. The zero-order valence-corrected chi connectivity index (χ0v) is 7.78. The third-order valence-corrected chi connectivity index (χ3v) is 1.64. The molecule has 0 aliphatic carbocycles. The van der Waals surface area contributed by atoms with Gasteiger partial charge < -0.3 is 0 Å². The van der Waals surface area contributed by atoms with Crippen molar-refractivity contribution in [2.24, 2.45) is 0 Å². The second-order valence-corrected chi connectivity index (χ2v) is 3.13. The zero-order valence-electron chi connectivity index (χ0n) is 5.62. The van der Waals surface area contributed by atoms with E-state index < -0.39 is 0 Å². The lowest BCUT2D eigenvalue weighted by atomic mass is 10.6. The van der Waals surface area contributed by atoms with E-state index in [-0.39, 0.29) is 12.2 Å². The van der Waals surface area contributed by atoms with Gasteiger partial charge in [0.25, 0.3) is 0 Å². The summed E-state index contributed by atoms with van der Waals surface area (Å²) in [5.74, 6) is 2.37. The Morgan fingerprint density at radius 3 is 3.18 bits per heavy atom. The van der Waals surface area contributed by atoms with Crippen LogP contribution < -0.4 is 5.69 Å². The van der Waals surface area contributed by atoms with Gasteiger partial charge in [-0.2, -0.15) is 0 Å². The van der Waals surface area contributed by atoms with Crippen LogP contribution in [0.5, 0.6) is 0 Å². The molecular weight excluding hydrogens is 255 g/mol. The molecule has 4 heteroatoms. The molecule has 0 aliphatic heterocycles. The molecule has 1 heterocycles. The van der Waals surface area contributed by atoms with E-state index in [1.165, 1.54) is 10.8 Å². The monoisotopic (exact) mass is 260 g/mol. The number of hydrogen-bond donors (Lipinski definition) is 0. The van der Waals surface area contributed by atoms with E-state index in [0.717, 1.165) is 3.57 Å². The van der Waals surface area contributed by atoms with Gasteiger partial charge >= 0.3 is 5.69 Å². The maximum absolute atomic E-state index is 10.9. The molecule has 11 heavy (non-hydrogen) atoms. The highest BCUT2D eigenvalue weighted by molar-refractivity contribution is 14.1. The van der Waals surface area contributed by atoms with Crippen molar-refractivity contribution >= 4 is 22.6 Å². The Morgan fingerprint density at radius 1 is 1.82 bits per heavy atom. The van der Waals surface area contributed by atoms with Gasteiger partial charge in [-0.25, -0.2) is 9.78 Å². The van der Waals surface area contributed by atoms with Gasteiger partial charge in [-0.3, -0.25) is 4.57 Å². The molecule has 0 fully saturated rings. The summed E-state index contributed by atoms with van der Waals surface area (Å²) in [5, 5.41) is 0. The molecule has 1 aromatic heterocycles. The van der Waals surface area contributed by atoms with Crippen LogP contribution in [0.25, 0.3) is 0 Å². The standard InChI is InChI=1S/C7H5IN2O/c1-2-3-10-5-6(8)4-9-7(10)11/h1,4-5H,3H2. The molecule has 0 N–H and O–H groups in total. The highest BCUT2D eigenvalue weighted by Gasteiger charge is 1.94. The number of halogens is 1. The number of aromatic nitrogens is 2. The van der Waals surface area contributed by atoms with Crippen molar-refractivity contribution < 1.29 is 0 Å². The summed E-state index contributed by atoms with van der Waals surface area (Å²) < 4.78 is 2.29. The van der Waals surface area contributed by atoms with Crippen molar-refractivity contribution in [1.82, 2.24) is 9.55 Å². The predicted octanol–water partition coefficient (Wildman–Crippen LogP) is 0.481. The Kier molecular flexibility index (Phi) is 2.65. The van der Waals surface area contributed by atoms with Crippen molar-refractivity contribution in [3.63, 3.8) is 0 Å². The molecule has 1 rings (SSSR count). The van der Waals surface area contributed by atoms with Crippen LogP contribution in [0.15, 0.2) is 17.2 Å². The van der Waals surface area contributed by atoms with Gasteiger partial charge in [0.05, 0.1) is 6.54 Å². The number of rotatable bonds is 1. The summed E-state index contributed by atoms with van der Waals surface area (Å²) in [4.78, 5) is 14.5. The van der Waals surface area contributed by atoms with Crippen LogP contribution >= 0.6 is 22.6 Å². The van der Waals surface area contributed by atoms with E-state index in [1.54, 1.807) is 6.20 Å². The van der Waals surface area contributed by atoms with E-state index in [0.29, 0.717) is 0 Å². The maximum atomic E-state index is 10.9. The Bertz CT molecular complexity index is 350. The molecule has 0 atom stereocenters. The van der Waals surface area contributed by atoms with Crippen LogP contribution in [-0.2, 0) is 6.54 Å². The molecule has 0 radical (unpaired) electrons. The zero-order chi connectivity index (χ0) is 8.27. The van der Waals surface area contributed by atoms with Crippen LogP contribution in [0.1, 0.15) is 0 Å². The first-order valence-electron chi connectivity index (χ1n) is 2.89. The molecule has 0 saturated heterocycles. The van der Waals surface area contributed by atoms with Crippen molar-refractivity contribution in [2.45, 2.75) is 6.54 Å². The van der Waals surface area contributed by atoms with Crippen LogP contribution in [0.3, 0.4) is 0 Å². The SMILES string of the molecule is C#CCn1cc(I)cnc1=O. The molecule has 0 spiro atoms. The topological polar surface area (TPSA) is 34.9 Å². The molecule has 0 unspecified atom stereocenters. The highest BCUT2D eigenvalue weighted by atomic mass is 127. The summed E-state index contributed by atoms with van der Waals surface area (Å²) in [6.07, 6.45) is 8.23. The van der Waals surface area contributed by atoms with Gasteiger partial charge in [0.2, 0.25) is 0 Å². The normalized spacial score (nSPS) is 9.09. The summed E-state index contributed by atoms with van der Waals surface area (Å²) in [5.41, 5.74) is -0.302. The minimum atomic E-state index is -0.302. The van der Waals surface area contributed by atoms with Crippen LogP contribution in [0.2, 0.25) is 0 Å². The van der Waals surface area contributed by atoms with Gasteiger partial charge in [-0.15, -0.1) is 6.42 Å². The molecule has 56 valence electrons. The molecule has 0 bridgehead atoms. The molecule has 1 aromatic rings. The maximum Gasteiger partial charge on any atom is 0.348 e. The summed E-state index contributed by atoms with van der Waals surface area (Å²) >= 11 is 2.07. The third-order valence-electron chi connectivity index (χ3n) is 1.08. The highest BCUT2D eigenvalue weighted by Crippen LogP contribution is 1.96. The minimum absolute atomic E-state index is 0.280. The summed E-state index contributed by atoms with van der Waals surface area (Å²) in [6.45, 7) is 0.280. The lowest BCUT2D eigenvalue weighted by Gasteiger charge is -1.97. The van der Waals surface area contributed by atoms with Crippen molar-refractivity contribution in [3.05, 3.63) is 26.4 Å². The molecular formula is C7H5IN2O. The van der Waals surface area contributed by atoms with Gasteiger partial charge in [-0.1, -0.05) is 5.92 Å². The van der Waals surface area contributed by atoms with Crippen LogP contribution in [-0.4, -0.2) is 9.55 Å². The molecule has 0 amide bonds. The Morgan fingerprint density at radius 2 is 2.55 bits per heavy atom. The van der Waals surface area contributed by atoms with Gasteiger partial charge in [0.1, 0.15) is 0 Å². The van der Waals surface area contributed by atoms with Crippen LogP contribution in [0, 0.1) is 15.9 Å². The van der Waals surface area contributed by atoms with E-state index in [1.807, 2.05) is 0 Å². The average molecular weight is 260 g/mol. The smallest absolute Gasteiger partial charge is 0.286 e. The fraction of sp³-hybridized carbons (Fsp3) is 0.143. The summed E-state index contributed by atoms with van der Waals surface area (Å²) in [7, 11) is 0. The van der Waals surface area contributed by atoms with Crippen molar-refractivity contribution in [3.8, 4) is 12.3 Å². The van der Waals surface area contributed by atoms with Crippen molar-refractivity contribution in [1.29, 1.82) is 0 Å². The fourth-order valence-corrected chi connectivity index (χ4v) is 1.12. The lowest BCUT2D eigenvalue weighted by molar-refractivity contribution is 0.752. The Labute approximate surface area is 77.6 Å². The molecule has 0 aliphatic rings. The van der Waals surface area contributed by atoms with Crippen LogP contribution in [0.4, 0.5) is 0 Å². The van der Waals surface area contributed by atoms with E-state index >= 15 is 0 Å². The molecule has 0 saturated carbocycles. The second-order valence-electron chi connectivity index (χ2n) is 1.89. The van der Waals surface area contributed by atoms with E-state index in [4.69, 9.17) is 6.42 Å². The Hall–Kier alpha value is -0.830. The van der Waals surface area contributed by atoms with E-state index in [9.17, 15) is 4.79 Å². The lowest BCUT2D eigenvalue weighted by Crippen LogP contribution is -2.21. The first kappa shape index (κ1) is 8.27. The first-order chi connectivity index (χ1) is 5.24. The largest absolute Gasteiger partial charge is 0.348 e. The quantitative estimate of drug-likeness (QED) is 0.543.